The maximum atomic E-state index is 13.0. The molecule has 3 aromatic heterocycles. The molecule has 3 aromatic rings. The first kappa shape index (κ1) is 15.2. The molecule has 1 fully saturated rings. The van der Waals surface area contributed by atoms with Gasteiger partial charge < -0.3 is 9.30 Å². The minimum atomic E-state index is -0.0551. The van der Waals surface area contributed by atoms with E-state index in [2.05, 4.69) is 10.1 Å². The summed E-state index contributed by atoms with van der Waals surface area (Å²) in [6, 6.07) is 5.68. The number of amides is 1. The quantitative estimate of drug-likeness (QED) is 0.718. The number of carbonyl (C=O) groups excluding carboxylic acids is 1. The predicted molar refractivity (Wildman–Crippen MR) is 91.2 cm³/mol. The van der Waals surface area contributed by atoms with E-state index in [1.807, 2.05) is 47.7 Å². The van der Waals surface area contributed by atoms with Crippen LogP contribution in [0.4, 0.5) is 0 Å². The number of hydrogen-bond acceptors (Lipinski definition) is 3. The number of imidazole rings is 1. The highest BCUT2D eigenvalue weighted by molar-refractivity contribution is 6.30. The van der Waals surface area contributed by atoms with Crippen molar-refractivity contribution in [2.24, 2.45) is 7.05 Å². The zero-order valence-corrected chi connectivity index (χ0v) is 14.4. The van der Waals surface area contributed by atoms with Crippen molar-refractivity contribution in [1.29, 1.82) is 0 Å². The number of carbonyl (C=O) groups is 1. The Morgan fingerprint density at radius 3 is 2.92 bits per heavy atom. The largest absolute Gasteiger partial charge is 0.330 e. The fraction of sp³-hybridized carbons (Fsp3) is 0.353. The van der Waals surface area contributed by atoms with E-state index in [-0.39, 0.29) is 11.9 Å². The molecular formula is C17H18ClN5O. The van der Waals surface area contributed by atoms with Crippen LogP contribution in [0.2, 0.25) is 5.15 Å². The van der Waals surface area contributed by atoms with E-state index < -0.39 is 0 Å². The van der Waals surface area contributed by atoms with Crippen LogP contribution in [-0.2, 0) is 7.05 Å². The summed E-state index contributed by atoms with van der Waals surface area (Å²) in [5, 5.41) is 4.99. The van der Waals surface area contributed by atoms with Gasteiger partial charge in [-0.05, 0) is 31.9 Å². The van der Waals surface area contributed by atoms with E-state index in [0.717, 1.165) is 29.7 Å². The molecule has 0 bridgehead atoms. The molecule has 4 rings (SSSR count). The summed E-state index contributed by atoms with van der Waals surface area (Å²) in [4.78, 5) is 19.3. The molecule has 1 amide bonds. The molecule has 0 N–H and O–H groups in total. The minimum Gasteiger partial charge on any atom is -0.330 e. The topological polar surface area (TPSA) is 55.4 Å². The Balaban J connectivity index is 1.70. The molecule has 1 atom stereocenters. The molecule has 4 heterocycles. The predicted octanol–water partition coefficient (Wildman–Crippen LogP) is 3.01. The first-order chi connectivity index (χ1) is 11.6. The molecule has 124 valence electrons. The smallest absolute Gasteiger partial charge is 0.274 e. The van der Waals surface area contributed by atoms with Gasteiger partial charge >= 0.3 is 0 Å². The lowest BCUT2D eigenvalue weighted by molar-refractivity contribution is 0.0730. The van der Waals surface area contributed by atoms with Gasteiger partial charge in [0.25, 0.3) is 5.91 Å². The fourth-order valence-corrected chi connectivity index (χ4v) is 3.82. The van der Waals surface area contributed by atoms with Crippen LogP contribution >= 0.6 is 11.6 Å². The van der Waals surface area contributed by atoms with Crippen LogP contribution in [0.1, 0.15) is 40.6 Å². The van der Waals surface area contributed by atoms with Crippen molar-refractivity contribution in [1.82, 2.24) is 24.1 Å². The number of likely N-dealkylation sites (tertiary alicyclic amines) is 1. The van der Waals surface area contributed by atoms with Crippen molar-refractivity contribution in [2.75, 3.05) is 6.54 Å². The average molecular weight is 344 g/mol. The van der Waals surface area contributed by atoms with Crippen LogP contribution < -0.4 is 0 Å². The van der Waals surface area contributed by atoms with Gasteiger partial charge in [-0.25, -0.2) is 4.98 Å². The number of fused-ring (bicyclic) bond motifs is 1. The van der Waals surface area contributed by atoms with E-state index in [9.17, 15) is 4.79 Å². The van der Waals surface area contributed by atoms with Gasteiger partial charge in [0, 0.05) is 31.5 Å². The summed E-state index contributed by atoms with van der Waals surface area (Å²) in [6.07, 6.45) is 5.52. The standard InChI is InChI=1S/C17H18ClN5O/c1-11-15(16(18)21(2)20-11)13-6-5-9-23(13)17(24)12-10-22-8-4-3-7-14(22)19-12/h3-4,7-8,10,13H,5-6,9H2,1-2H3/t13-/m0/s1. The molecule has 7 heteroatoms. The third-order valence-corrected chi connectivity index (χ3v) is 5.07. The summed E-state index contributed by atoms with van der Waals surface area (Å²) < 4.78 is 3.53. The molecule has 1 aliphatic rings. The van der Waals surface area contributed by atoms with Gasteiger partial charge in [-0.2, -0.15) is 5.10 Å². The van der Waals surface area contributed by atoms with Crippen molar-refractivity contribution in [3.8, 4) is 0 Å². The lowest BCUT2D eigenvalue weighted by Crippen LogP contribution is -2.31. The van der Waals surface area contributed by atoms with Gasteiger partial charge in [0.05, 0.1) is 11.7 Å². The van der Waals surface area contributed by atoms with Crippen molar-refractivity contribution in [3.63, 3.8) is 0 Å². The highest BCUT2D eigenvalue weighted by Crippen LogP contribution is 2.38. The van der Waals surface area contributed by atoms with Crippen molar-refractivity contribution >= 4 is 23.2 Å². The Kier molecular flexibility index (Phi) is 3.57. The maximum Gasteiger partial charge on any atom is 0.274 e. The summed E-state index contributed by atoms with van der Waals surface area (Å²) in [7, 11) is 1.82. The second kappa shape index (κ2) is 5.63. The minimum absolute atomic E-state index is 0.0384. The second-order valence-corrected chi connectivity index (χ2v) is 6.52. The molecule has 0 unspecified atom stereocenters. The van der Waals surface area contributed by atoms with Gasteiger partial charge in [-0.3, -0.25) is 9.48 Å². The Hall–Kier alpha value is -2.34. The Labute approximate surface area is 144 Å². The summed E-state index contributed by atoms with van der Waals surface area (Å²) in [5.41, 5.74) is 3.06. The number of pyridine rings is 1. The van der Waals surface area contributed by atoms with Gasteiger partial charge in [-0.1, -0.05) is 17.7 Å². The third-order valence-electron chi connectivity index (χ3n) is 4.63. The lowest BCUT2D eigenvalue weighted by Gasteiger charge is -2.24. The third kappa shape index (κ3) is 2.29. The Bertz CT molecular complexity index is 895. The number of aromatic nitrogens is 4. The lowest BCUT2D eigenvalue weighted by atomic mass is 10.1. The summed E-state index contributed by atoms with van der Waals surface area (Å²) in [5.74, 6) is -0.0551. The maximum absolute atomic E-state index is 13.0. The van der Waals surface area contributed by atoms with Crippen LogP contribution in [0.5, 0.6) is 0 Å². The van der Waals surface area contributed by atoms with E-state index in [1.165, 1.54) is 0 Å². The van der Waals surface area contributed by atoms with Gasteiger partial charge in [0.1, 0.15) is 16.5 Å². The van der Waals surface area contributed by atoms with Crippen LogP contribution in [0.25, 0.3) is 5.65 Å². The number of rotatable bonds is 2. The van der Waals surface area contributed by atoms with Crippen molar-refractivity contribution < 1.29 is 4.79 Å². The van der Waals surface area contributed by atoms with Crippen LogP contribution in [-0.4, -0.2) is 36.5 Å². The Morgan fingerprint density at radius 2 is 2.21 bits per heavy atom. The van der Waals surface area contributed by atoms with E-state index in [1.54, 1.807) is 10.9 Å². The highest BCUT2D eigenvalue weighted by Gasteiger charge is 2.35. The molecule has 1 aliphatic heterocycles. The SMILES string of the molecule is Cc1nn(C)c(Cl)c1[C@@H]1CCCN1C(=O)c1cn2ccccc2n1. The van der Waals surface area contributed by atoms with E-state index in [0.29, 0.717) is 17.4 Å². The summed E-state index contributed by atoms with van der Waals surface area (Å²) in [6.45, 7) is 2.65. The molecule has 6 nitrogen and oxygen atoms in total. The fourth-order valence-electron chi connectivity index (χ4n) is 3.52. The zero-order valence-electron chi connectivity index (χ0n) is 13.6. The van der Waals surface area contributed by atoms with Crippen LogP contribution in [0, 0.1) is 6.92 Å². The first-order valence-corrected chi connectivity index (χ1v) is 8.38. The number of hydrogen-bond donors (Lipinski definition) is 0. The summed E-state index contributed by atoms with van der Waals surface area (Å²) >= 11 is 6.42. The van der Waals surface area contributed by atoms with E-state index >= 15 is 0 Å². The Morgan fingerprint density at radius 1 is 1.38 bits per heavy atom. The van der Waals surface area contributed by atoms with Crippen LogP contribution in [0.3, 0.4) is 0 Å². The molecule has 0 saturated carbocycles. The van der Waals surface area contributed by atoms with Crippen LogP contribution in [0.15, 0.2) is 30.6 Å². The molecule has 0 aromatic carbocycles. The second-order valence-electron chi connectivity index (χ2n) is 6.16. The van der Waals surface area contributed by atoms with Crippen molar-refractivity contribution in [2.45, 2.75) is 25.8 Å². The van der Waals surface area contributed by atoms with Gasteiger partial charge in [-0.15, -0.1) is 0 Å². The highest BCUT2D eigenvalue weighted by atomic mass is 35.5. The molecular weight excluding hydrogens is 326 g/mol. The number of nitrogens with zero attached hydrogens (tertiary/aromatic N) is 5. The monoisotopic (exact) mass is 343 g/mol. The number of aryl methyl sites for hydroxylation is 2. The van der Waals surface area contributed by atoms with Gasteiger partial charge in [0.2, 0.25) is 0 Å². The number of halogens is 1. The molecule has 0 radical (unpaired) electrons. The molecule has 24 heavy (non-hydrogen) atoms. The normalized spacial score (nSPS) is 17.8. The van der Waals surface area contributed by atoms with Gasteiger partial charge in [0.15, 0.2) is 0 Å². The molecule has 0 spiro atoms. The zero-order chi connectivity index (χ0) is 16.8. The first-order valence-electron chi connectivity index (χ1n) is 8.00. The molecule has 0 aliphatic carbocycles. The van der Waals surface area contributed by atoms with Crippen molar-refractivity contribution in [3.05, 3.63) is 52.7 Å². The van der Waals surface area contributed by atoms with E-state index in [4.69, 9.17) is 11.6 Å². The molecule has 1 saturated heterocycles. The average Bonchev–Trinajstić information content (AvgIpc) is 3.25.